The van der Waals surface area contributed by atoms with E-state index >= 15 is 0 Å². The molecule has 2 fully saturated rings. The minimum Gasteiger partial charge on any atom is -0.490 e. The number of likely N-dealkylation sites (tertiary alicyclic amines) is 1. The maximum Gasteiger partial charge on any atom is 0.254 e. The number of hydrogen-bond acceptors (Lipinski definition) is 4. The van der Waals surface area contributed by atoms with Crippen LogP contribution in [0.3, 0.4) is 0 Å². The highest BCUT2D eigenvalue weighted by atomic mass is 16.5. The van der Waals surface area contributed by atoms with Crippen LogP contribution < -0.4 is 10.1 Å². The summed E-state index contributed by atoms with van der Waals surface area (Å²) in [7, 11) is 1.61. The molecule has 1 amide bonds. The lowest BCUT2D eigenvalue weighted by molar-refractivity contribution is 0.0493. The Balaban J connectivity index is 1.33. The summed E-state index contributed by atoms with van der Waals surface area (Å²) in [5, 5.41) is 6.85. The molecule has 2 aliphatic rings. The SMILES string of the molecule is CNC(=O)c1cnn(-c2ccc(OC3CCN(C4CCC4)CC3)cc2)c1. The summed E-state index contributed by atoms with van der Waals surface area (Å²) in [6, 6.07) is 8.74. The molecular formula is C20H26N4O2. The molecule has 0 radical (unpaired) electrons. The number of nitrogens with one attached hydrogen (secondary N) is 1. The van der Waals surface area contributed by atoms with Crippen molar-refractivity contribution in [2.45, 2.75) is 44.2 Å². The summed E-state index contributed by atoms with van der Waals surface area (Å²) in [6.45, 7) is 2.31. The maximum absolute atomic E-state index is 11.6. The number of nitrogens with zero attached hydrogens (tertiary/aromatic N) is 3. The lowest BCUT2D eigenvalue weighted by atomic mass is 9.90. The predicted molar refractivity (Wildman–Crippen MR) is 99.8 cm³/mol. The fourth-order valence-electron chi connectivity index (χ4n) is 3.71. The van der Waals surface area contributed by atoms with Crippen LogP contribution in [0.5, 0.6) is 5.75 Å². The Morgan fingerprint density at radius 2 is 1.88 bits per heavy atom. The number of benzene rings is 1. The van der Waals surface area contributed by atoms with E-state index in [1.807, 2.05) is 24.3 Å². The van der Waals surface area contributed by atoms with Gasteiger partial charge in [0.15, 0.2) is 0 Å². The van der Waals surface area contributed by atoms with E-state index in [4.69, 9.17) is 4.74 Å². The van der Waals surface area contributed by atoms with Gasteiger partial charge in [-0.25, -0.2) is 4.68 Å². The fraction of sp³-hybridized carbons (Fsp3) is 0.500. The van der Waals surface area contributed by atoms with Crippen molar-refractivity contribution in [2.75, 3.05) is 20.1 Å². The molecule has 138 valence electrons. The molecule has 2 heterocycles. The first-order valence-corrected chi connectivity index (χ1v) is 9.51. The van der Waals surface area contributed by atoms with E-state index in [0.29, 0.717) is 11.7 Å². The lowest BCUT2D eigenvalue weighted by Crippen LogP contribution is -2.46. The molecule has 0 bridgehead atoms. The van der Waals surface area contributed by atoms with Gasteiger partial charge in [-0.2, -0.15) is 5.10 Å². The van der Waals surface area contributed by atoms with Gasteiger partial charge in [-0.15, -0.1) is 0 Å². The molecule has 6 heteroatoms. The van der Waals surface area contributed by atoms with Gasteiger partial charge in [-0.05, 0) is 49.9 Å². The van der Waals surface area contributed by atoms with Crippen molar-refractivity contribution < 1.29 is 9.53 Å². The van der Waals surface area contributed by atoms with Gasteiger partial charge >= 0.3 is 0 Å². The van der Waals surface area contributed by atoms with Crippen LogP contribution >= 0.6 is 0 Å². The van der Waals surface area contributed by atoms with Gasteiger partial charge in [0.1, 0.15) is 11.9 Å². The van der Waals surface area contributed by atoms with Crippen LogP contribution in [-0.2, 0) is 0 Å². The van der Waals surface area contributed by atoms with Crippen LogP contribution in [0.15, 0.2) is 36.7 Å². The van der Waals surface area contributed by atoms with E-state index in [1.165, 1.54) is 19.3 Å². The maximum atomic E-state index is 11.6. The number of aromatic nitrogens is 2. The molecule has 0 spiro atoms. The Morgan fingerprint density at radius 3 is 2.50 bits per heavy atom. The van der Waals surface area contributed by atoms with Crippen molar-refractivity contribution in [3.05, 3.63) is 42.2 Å². The molecule has 1 aliphatic heterocycles. The molecule has 0 atom stereocenters. The van der Waals surface area contributed by atoms with Gasteiger partial charge < -0.3 is 15.0 Å². The predicted octanol–water partition coefficient (Wildman–Crippen LogP) is 2.63. The first-order chi connectivity index (χ1) is 12.7. The molecule has 0 unspecified atom stereocenters. The van der Waals surface area contributed by atoms with Crippen LogP contribution in [0.1, 0.15) is 42.5 Å². The van der Waals surface area contributed by atoms with E-state index in [2.05, 4.69) is 15.3 Å². The highest BCUT2D eigenvalue weighted by Crippen LogP contribution is 2.28. The van der Waals surface area contributed by atoms with Crippen molar-refractivity contribution in [2.24, 2.45) is 0 Å². The van der Waals surface area contributed by atoms with Crippen molar-refractivity contribution in [3.8, 4) is 11.4 Å². The number of ether oxygens (including phenoxy) is 1. The third kappa shape index (κ3) is 3.60. The quantitative estimate of drug-likeness (QED) is 0.897. The van der Waals surface area contributed by atoms with Crippen LogP contribution in [-0.4, -0.2) is 52.9 Å². The Hall–Kier alpha value is -2.34. The second-order valence-electron chi connectivity index (χ2n) is 7.18. The Kier molecular flexibility index (Phi) is 4.93. The van der Waals surface area contributed by atoms with Crippen molar-refractivity contribution in [3.63, 3.8) is 0 Å². The van der Waals surface area contributed by atoms with Crippen LogP contribution in [0, 0.1) is 0 Å². The molecular weight excluding hydrogens is 328 g/mol. The summed E-state index contributed by atoms with van der Waals surface area (Å²) in [5.41, 5.74) is 1.46. The molecule has 1 N–H and O–H groups in total. The summed E-state index contributed by atoms with van der Waals surface area (Å²) in [5.74, 6) is 0.763. The van der Waals surface area contributed by atoms with Gasteiger partial charge in [-0.3, -0.25) is 4.79 Å². The zero-order valence-corrected chi connectivity index (χ0v) is 15.2. The monoisotopic (exact) mass is 354 g/mol. The lowest BCUT2D eigenvalue weighted by Gasteiger charge is -2.41. The van der Waals surface area contributed by atoms with Crippen LogP contribution in [0.25, 0.3) is 5.69 Å². The second-order valence-corrected chi connectivity index (χ2v) is 7.18. The van der Waals surface area contributed by atoms with Gasteiger partial charge in [0, 0.05) is 32.4 Å². The molecule has 1 aliphatic carbocycles. The average molecular weight is 354 g/mol. The molecule has 26 heavy (non-hydrogen) atoms. The number of carbonyl (C=O) groups is 1. The van der Waals surface area contributed by atoms with E-state index in [0.717, 1.165) is 43.4 Å². The standard InChI is InChI=1S/C20H26N4O2/c1-21-20(25)15-13-22-24(14-15)17-5-7-18(8-6-17)26-19-9-11-23(12-10-19)16-3-2-4-16/h5-8,13-14,16,19H,2-4,9-12H2,1H3,(H,21,25). The zero-order chi connectivity index (χ0) is 17.9. The van der Waals surface area contributed by atoms with Gasteiger partial charge in [0.25, 0.3) is 5.91 Å². The number of carbonyl (C=O) groups excluding carboxylic acids is 1. The van der Waals surface area contributed by atoms with Crippen molar-refractivity contribution in [1.82, 2.24) is 20.0 Å². The third-order valence-electron chi connectivity index (χ3n) is 5.54. The topological polar surface area (TPSA) is 59.4 Å². The van der Waals surface area contributed by atoms with Gasteiger partial charge in [-0.1, -0.05) is 6.42 Å². The molecule has 2 aromatic rings. The second kappa shape index (κ2) is 7.50. The first-order valence-electron chi connectivity index (χ1n) is 9.51. The number of hydrogen-bond donors (Lipinski definition) is 1. The highest BCUT2D eigenvalue weighted by molar-refractivity contribution is 5.93. The van der Waals surface area contributed by atoms with E-state index in [9.17, 15) is 4.79 Å². The van der Waals surface area contributed by atoms with Crippen molar-refractivity contribution >= 4 is 5.91 Å². The molecule has 4 rings (SSSR count). The van der Waals surface area contributed by atoms with Crippen LogP contribution in [0.2, 0.25) is 0 Å². The molecule has 1 saturated heterocycles. The summed E-state index contributed by atoms with van der Waals surface area (Å²) in [6.07, 6.45) is 9.96. The number of rotatable bonds is 5. The average Bonchev–Trinajstić information content (AvgIpc) is 3.12. The van der Waals surface area contributed by atoms with Gasteiger partial charge in [0.2, 0.25) is 0 Å². The molecule has 1 aromatic heterocycles. The highest BCUT2D eigenvalue weighted by Gasteiger charge is 2.29. The smallest absolute Gasteiger partial charge is 0.254 e. The minimum absolute atomic E-state index is 0.135. The van der Waals surface area contributed by atoms with E-state index in [1.54, 1.807) is 24.1 Å². The van der Waals surface area contributed by atoms with E-state index < -0.39 is 0 Å². The Labute approximate surface area is 154 Å². The number of amides is 1. The summed E-state index contributed by atoms with van der Waals surface area (Å²) in [4.78, 5) is 14.3. The first kappa shape index (κ1) is 17.1. The summed E-state index contributed by atoms with van der Waals surface area (Å²) >= 11 is 0. The van der Waals surface area contributed by atoms with E-state index in [-0.39, 0.29) is 5.91 Å². The molecule has 6 nitrogen and oxygen atoms in total. The van der Waals surface area contributed by atoms with Crippen LogP contribution in [0.4, 0.5) is 0 Å². The summed E-state index contributed by atoms with van der Waals surface area (Å²) < 4.78 is 7.87. The Morgan fingerprint density at radius 1 is 1.15 bits per heavy atom. The Bertz CT molecular complexity index is 743. The molecule has 1 saturated carbocycles. The fourth-order valence-corrected chi connectivity index (χ4v) is 3.71. The zero-order valence-electron chi connectivity index (χ0n) is 15.2. The number of piperidine rings is 1. The van der Waals surface area contributed by atoms with Gasteiger partial charge in [0.05, 0.1) is 17.4 Å². The normalized spacial score (nSPS) is 19.1. The van der Waals surface area contributed by atoms with Crippen molar-refractivity contribution in [1.29, 1.82) is 0 Å². The largest absolute Gasteiger partial charge is 0.490 e. The minimum atomic E-state index is -0.135. The molecule has 1 aromatic carbocycles. The third-order valence-corrected chi connectivity index (χ3v) is 5.54.